The van der Waals surface area contributed by atoms with Gasteiger partial charge in [-0.1, -0.05) is 28.1 Å². The van der Waals surface area contributed by atoms with Crippen molar-refractivity contribution in [2.45, 2.75) is 9.72 Å². The van der Waals surface area contributed by atoms with E-state index in [9.17, 15) is 17.6 Å². The second kappa shape index (κ2) is 6.80. The first-order chi connectivity index (χ1) is 10.7. The molecule has 0 bridgehead atoms. The molecule has 0 fully saturated rings. The molecule has 1 atom stereocenters. The number of ether oxygens (including phenoxy) is 1. The number of sulfone groups is 1. The Kier molecular flexibility index (Phi) is 5.21. The molecule has 2 aromatic rings. The third-order valence-corrected chi connectivity index (χ3v) is 5.34. The molecule has 2 rings (SSSR count). The van der Waals surface area contributed by atoms with E-state index in [0.29, 0.717) is 5.56 Å². The highest BCUT2D eigenvalue weighted by atomic mass is 79.9. The Labute approximate surface area is 142 Å². The molecule has 0 aliphatic carbocycles. The normalized spacial score (nSPS) is 12.7. The highest BCUT2D eigenvalue weighted by molar-refractivity contribution is 9.09. The predicted molar refractivity (Wildman–Crippen MR) is 88.5 cm³/mol. The molecule has 0 aromatic heterocycles. The van der Waals surface area contributed by atoms with Gasteiger partial charge in [-0.3, -0.25) is 4.79 Å². The number of Topliss-reactive ketones (excluding diaryl/α,β-unsaturated/α-hetero) is 1. The van der Waals surface area contributed by atoms with Crippen LogP contribution in [-0.4, -0.2) is 27.6 Å². The Morgan fingerprint density at radius 1 is 1.17 bits per heavy atom. The third kappa shape index (κ3) is 3.97. The van der Waals surface area contributed by atoms with E-state index in [0.717, 1.165) is 12.3 Å². The van der Waals surface area contributed by atoms with Crippen molar-refractivity contribution in [2.75, 3.05) is 13.4 Å². The Bertz CT molecular complexity index is 832. The van der Waals surface area contributed by atoms with E-state index in [1.807, 2.05) is 0 Å². The van der Waals surface area contributed by atoms with Gasteiger partial charge in [0.15, 0.2) is 27.2 Å². The van der Waals surface area contributed by atoms with Crippen LogP contribution < -0.4 is 4.74 Å². The van der Waals surface area contributed by atoms with Gasteiger partial charge in [0.1, 0.15) is 4.83 Å². The summed E-state index contributed by atoms with van der Waals surface area (Å²) in [6.07, 6.45) is 1.11. The molecule has 122 valence electrons. The topological polar surface area (TPSA) is 60.4 Å². The number of methoxy groups -OCH3 is 1. The van der Waals surface area contributed by atoms with E-state index in [-0.39, 0.29) is 22.0 Å². The summed E-state index contributed by atoms with van der Waals surface area (Å²) in [7, 11) is -1.95. The predicted octanol–water partition coefficient (Wildman–Crippen LogP) is 3.56. The molecule has 23 heavy (non-hydrogen) atoms. The van der Waals surface area contributed by atoms with Crippen LogP contribution in [0.5, 0.6) is 5.75 Å². The van der Waals surface area contributed by atoms with Gasteiger partial charge in [0.25, 0.3) is 0 Å². The van der Waals surface area contributed by atoms with Gasteiger partial charge >= 0.3 is 0 Å². The van der Waals surface area contributed by atoms with Crippen molar-refractivity contribution < 1.29 is 22.3 Å². The molecular weight excluding hydrogens is 387 g/mol. The van der Waals surface area contributed by atoms with Crippen LogP contribution in [0.4, 0.5) is 4.39 Å². The van der Waals surface area contributed by atoms with Crippen LogP contribution in [0.15, 0.2) is 47.4 Å². The number of hydrogen-bond acceptors (Lipinski definition) is 4. The summed E-state index contributed by atoms with van der Waals surface area (Å²) in [5.41, 5.74) is 0.774. The highest BCUT2D eigenvalue weighted by Crippen LogP contribution is 2.29. The molecule has 0 saturated heterocycles. The molecule has 0 saturated carbocycles. The number of alkyl halides is 1. The number of halogens is 2. The minimum Gasteiger partial charge on any atom is -0.494 e. The molecule has 0 N–H and O–H groups in total. The van der Waals surface area contributed by atoms with Gasteiger partial charge in [-0.05, 0) is 35.9 Å². The van der Waals surface area contributed by atoms with Crippen LogP contribution in [0.25, 0.3) is 0 Å². The smallest absolute Gasteiger partial charge is 0.180 e. The zero-order chi connectivity index (χ0) is 17.2. The zero-order valence-corrected chi connectivity index (χ0v) is 14.8. The number of rotatable bonds is 5. The first-order valence-corrected chi connectivity index (χ1v) is 9.36. The fourth-order valence-electron chi connectivity index (χ4n) is 2.00. The highest BCUT2D eigenvalue weighted by Gasteiger charge is 2.21. The van der Waals surface area contributed by atoms with E-state index in [1.54, 1.807) is 12.1 Å². The first kappa shape index (κ1) is 17.6. The van der Waals surface area contributed by atoms with Crippen molar-refractivity contribution in [3.8, 4) is 5.75 Å². The van der Waals surface area contributed by atoms with E-state index >= 15 is 0 Å². The maximum Gasteiger partial charge on any atom is 0.180 e. The van der Waals surface area contributed by atoms with Crippen LogP contribution in [0, 0.1) is 5.82 Å². The van der Waals surface area contributed by atoms with Crippen molar-refractivity contribution in [3.63, 3.8) is 0 Å². The first-order valence-electron chi connectivity index (χ1n) is 6.56. The number of carbonyl (C=O) groups is 1. The average molecular weight is 401 g/mol. The summed E-state index contributed by atoms with van der Waals surface area (Å²) < 4.78 is 41.4. The standard InChI is InChI=1S/C16H14BrFO4S/c1-22-14-8-5-11(9-13(14)18)16(19)15(17)10-3-6-12(7-4-10)23(2,20)21/h3-9,15H,1-2H3. The molecular formula is C16H14BrFO4S. The summed E-state index contributed by atoms with van der Waals surface area (Å²) in [5.74, 6) is -0.894. The third-order valence-electron chi connectivity index (χ3n) is 3.27. The molecule has 0 radical (unpaired) electrons. The van der Waals surface area contributed by atoms with Crippen LogP contribution in [0.2, 0.25) is 0 Å². The molecule has 0 spiro atoms. The second-order valence-corrected chi connectivity index (χ2v) is 7.85. The van der Waals surface area contributed by atoms with E-state index in [1.165, 1.54) is 31.4 Å². The fraction of sp³-hybridized carbons (Fsp3) is 0.188. The van der Waals surface area contributed by atoms with E-state index in [2.05, 4.69) is 15.9 Å². The molecule has 0 aliphatic rings. The monoisotopic (exact) mass is 400 g/mol. The summed E-state index contributed by atoms with van der Waals surface area (Å²) in [4.78, 5) is 11.9. The SMILES string of the molecule is COc1ccc(C(=O)C(Br)c2ccc(S(C)(=O)=O)cc2)cc1F. The summed E-state index contributed by atoms with van der Waals surface area (Å²) in [6.45, 7) is 0. The number of ketones is 1. The minimum atomic E-state index is -3.29. The quantitative estimate of drug-likeness (QED) is 0.568. The van der Waals surface area contributed by atoms with Crippen molar-refractivity contribution in [3.05, 3.63) is 59.4 Å². The van der Waals surface area contributed by atoms with Gasteiger partial charge in [0.2, 0.25) is 0 Å². The Hall–Kier alpha value is -1.73. The van der Waals surface area contributed by atoms with Crippen LogP contribution in [0.3, 0.4) is 0 Å². The number of hydrogen-bond donors (Lipinski definition) is 0. The second-order valence-electron chi connectivity index (χ2n) is 4.92. The maximum absolute atomic E-state index is 13.7. The van der Waals surface area contributed by atoms with E-state index in [4.69, 9.17) is 4.74 Å². The van der Waals surface area contributed by atoms with Gasteiger partial charge in [-0.2, -0.15) is 0 Å². The lowest BCUT2D eigenvalue weighted by Crippen LogP contribution is -2.08. The lowest BCUT2D eigenvalue weighted by molar-refractivity contribution is 0.0991. The minimum absolute atomic E-state index is 0.0603. The van der Waals surface area contributed by atoms with Crippen LogP contribution in [-0.2, 0) is 9.84 Å². The van der Waals surface area contributed by atoms with Crippen LogP contribution >= 0.6 is 15.9 Å². The van der Waals surface area contributed by atoms with Gasteiger partial charge in [-0.25, -0.2) is 12.8 Å². The molecule has 4 nitrogen and oxygen atoms in total. The maximum atomic E-state index is 13.7. The van der Waals surface area contributed by atoms with E-state index < -0.39 is 20.5 Å². The van der Waals surface area contributed by atoms with Crippen molar-refractivity contribution in [1.29, 1.82) is 0 Å². The van der Waals surface area contributed by atoms with Gasteiger partial charge < -0.3 is 4.74 Å². The lowest BCUT2D eigenvalue weighted by atomic mass is 10.0. The lowest BCUT2D eigenvalue weighted by Gasteiger charge is -2.11. The van der Waals surface area contributed by atoms with Crippen LogP contribution in [0.1, 0.15) is 20.7 Å². The van der Waals surface area contributed by atoms with Crippen molar-refractivity contribution in [2.24, 2.45) is 0 Å². The van der Waals surface area contributed by atoms with Crippen molar-refractivity contribution >= 4 is 31.6 Å². The molecule has 1 unspecified atom stereocenters. The molecule has 0 aliphatic heterocycles. The molecule has 2 aromatic carbocycles. The van der Waals surface area contributed by atoms with Crippen molar-refractivity contribution in [1.82, 2.24) is 0 Å². The van der Waals surface area contributed by atoms with Gasteiger partial charge in [0, 0.05) is 11.8 Å². The van der Waals surface area contributed by atoms with Gasteiger partial charge in [-0.15, -0.1) is 0 Å². The average Bonchev–Trinajstić information content (AvgIpc) is 2.52. The largest absolute Gasteiger partial charge is 0.494 e. The number of carbonyl (C=O) groups excluding carboxylic acids is 1. The molecule has 0 heterocycles. The Balaban J connectivity index is 2.27. The summed E-state index contributed by atoms with van der Waals surface area (Å²) in [5, 5.41) is 0. The zero-order valence-electron chi connectivity index (χ0n) is 12.4. The van der Waals surface area contributed by atoms with Gasteiger partial charge in [0.05, 0.1) is 12.0 Å². The summed E-state index contributed by atoms with van der Waals surface area (Å²) >= 11 is 3.27. The Morgan fingerprint density at radius 2 is 1.78 bits per heavy atom. The molecule has 7 heteroatoms. The fourth-order valence-corrected chi connectivity index (χ4v) is 3.20. The number of benzene rings is 2. The Morgan fingerprint density at radius 3 is 2.26 bits per heavy atom. The molecule has 0 amide bonds. The summed E-state index contributed by atoms with van der Waals surface area (Å²) in [6, 6.07) is 9.93.